The Bertz CT molecular complexity index is 883. The van der Waals surface area contributed by atoms with E-state index in [4.69, 9.17) is 4.42 Å². The fourth-order valence-corrected chi connectivity index (χ4v) is 4.49. The van der Waals surface area contributed by atoms with E-state index in [0.717, 1.165) is 16.0 Å². The van der Waals surface area contributed by atoms with Crippen molar-refractivity contribution in [3.8, 4) is 0 Å². The normalized spacial score (nSPS) is 23.0. The lowest BCUT2D eigenvalue weighted by Gasteiger charge is -2.39. The van der Waals surface area contributed by atoms with Crippen molar-refractivity contribution in [2.45, 2.75) is 17.4 Å². The van der Waals surface area contributed by atoms with Crippen molar-refractivity contribution in [3.05, 3.63) is 24.3 Å². The van der Waals surface area contributed by atoms with Crippen LogP contribution in [0.1, 0.15) is 0 Å². The molecule has 4 rings (SSSR count). The number of carbonyl (C=O) groups excluding carboxylic acids is 2. The molecule has 8 nitrogen and oxygen atoms in total. The lowest BCUT2D eigenvalue weighted by molar-refractivity contribution is -0.136. The van der Waals surface area contributed by atoms with Gasteiger partial charge in [0.05, 0.1) is 0 Å². The maximum absolute atomic E-state index is 12.6. The van der Waals surface area contributed by atoms with E-state index in [9.17, 15) is 9.59 Å². The molecule has 2 atom stereocenters. The minimum Gasteiger partial charge on any atom is -0.431 e. The molecule has 2 aliphatic heterocycles. The number of benzene rings is 1. The number of rotatable bonds is 4. The number of halogens is 1. The average Bonchev–Trinajstić information content (AvgIpc) is 3.19. The number of urea groups is 1. The summed E-state index contributed by atoms with van der Waals surface area (Å²) in [7, 11) is 3.15. The van der Waals surface area contributed by atoms with Crippen molar-refractivity contribution in [2.24, 2.45) is 4.99 Å². The van der Waals surface area contributed by atoms with Gasteiger partial charge in [0.25, 0.3) is 11.1 Å². The highest BCUT2D eigenvalue weighted by Gasteiger charge is 2.50. The first-order chi connectivity index (χ1) is 12.5. The Morgan fingerprint density at radius 2 is 2.04 bits per heavy atom. The van der Waals surface area contributed by atoms with E-state index in [1.165, 1.54) is 23.7 Å². The van der Waals surface area contributed by atoms with E-state index in [-0.39, 0.29) is 11.9 Å². The van der Waals surface area contributed by atoms with Crippen molar-refractivity contribution in [1.82, 2.24) is 19.7 Å². The van der Waals surface area contributed by atoms with Crippen LogP contribution in [0, 0.1) is 0 Å². The summed E-state index contributed by atoms with van der Waals surface area (Å²) in [5, 5.41) is 0.592. The third kappa shape index (κ3) is 2.77. The number of hydrogen-bond donors (Lipinski definition) is 0. The van der Waals surface area contributed by atoms with Gasteiger partial charge in [-0.3, -0.25) is 9.69 Å². The Hall–Kier alpha value is -2.07. The molecule has 0 bridgehead atoms. The van der Waals surface area contributed by atoms with Crippen LogP contribution in [0.15, 0.2) is 38.9 Å². The first kappa shape index (κ1) is 17.3. The second-order valence-corrected chi connectivity index (χ2v) is 7.79. The van der Waals surface area contributed by atoms with Crippen LogP contribution < -0.4 is 0 Å². The van der Waals surface area contributed by atoms with Crippen LogP contribution >= 0.6 is 27.7 Å². The number of carbonyl (C=O) groups is 2. The van der Waals surface area contributed by atoms with Crippen molar-refractivity contribution in [2.75, 3.05) is 26.4 Å². The summed E-state index contributed by atoms with van der Waals surface area (Å²) in [6.45, 7) is 0.566. The van der Waals surface area contributed by atoms with Crippen LogP contribution in [0.4, 0.5) is 4.79 Å². The van der Waals surface area contributed by atoms with Crippen LogP contribution in [0.3, 0.4) is 0 Å². The van der Waals surface area contributed by atoms with Gasteiger partial charge in [0.15, 0.2) is 22.5 Å². The number of oxazole rings is 1. The maximum atomic E-state index is 12.6. The van der Waals surface area contributed by atoms with Gasteiger partial charge in [-0.25, -0.2) is 14.8 Å². The molecule has 1 saturated heterocycles. The number of imide groups is 1. The van der Waals surface area contributed by atoms with Gasteiger partial charge in [-0.1, -0.05) is 23.9 Å². The van der Waals surface area contributed by atoms with Crippen LogP contribution in [-0.2, 0) is 4.79 Å². The van der Waals surface area contributed by atoms with Crippen LogP contribution in [0.5, 0.6) is 0 Å². The number of para-hydroxylation sites is 2. The number of hydrogen-bond acceptors (Lipinski definition) is 7. The van der Waals surface area contributed by atoms with Gasteiger partial charge in [-0.2, -0.15) is 0 Å². The molecule has 10 heteroatoms. The number of likely N-dealkylation sites (N-methyl/N-ethyl adjacent to an activating group) is 2. The molecule has 2 aliphatic rings. The number of aromatic nitrogens is 1. The van der Waals surface area contributed by atoms with E-state index in [1.54, 1.807) is 7.05 Å². The van der Waals surface area contributed by atoms with Crippen molar-refractivity contribution >= 4 is 55.5 Å². The molecular formula is C16H16BrN5O3S. The molecule has 0 aliphatic carbocycles. The van der Waals surface area contributed by atoms with Gasteiger partial charge < -0.3 is 14.2 Å². The van der Waals surface area contributed by atoms with Gasteiger partial charge in [0.1, 0.15) is 5.52 Å². The van der Waals surface area contributed by atoms with Gasteiger partial charge >= 0.3 is 6.03 Å². The minimum absolute atomic E-state index is 0.247. The van der Waals surface area contributed by atoms with Gasteiger partial charge in [0, 0.05) is 26.4 Å². The summed E-state index contributed by atoms with van der Waals surface area (Å²) in [4.78, 5) is 38.0. The smallest absolute Gasteiger partial charge is 0.328 e. The van der Waals surface area contributed by atoms with E-state index < -0.39 is 12.2 Å². The largest absolute Gasteiger partial charge is 0.431 e. The third-order valence-electron chi connectivity index (χ3n) is 4.50. The Kier molecular flexibility index (Phi) is 4.39. The highest BCUT2D eigenvalue weighted by atomic mass is 79.9. The first-order valence-corrected chi connectivity index (χ1v) is 9.78. The quantitative estimate of drug-likeness (QED) is 0.538. The number of amides is 3. The van der Waals surface area contributed by atoms with E-state index in [0.29, 0.717) is 22.3 Å². The highest BCUT2D eigenvalue weighted by molar-refractivity contribution is 9.18. The Labute approximate surface area is 162 Å². The minimum atomic E-state index is -0.513. The molecule has 136 valence electrons. The van der Waals surface area contributed by atoms with E-state index >= 15 is 0 Å². The topological polar surface area (TPSA) is 82.2 Å². The summed E-state index contributed by atoms with van der Waals surface area (Å²) < 4.78 is 6.28. The molecule has 26 heavy (non-hydrogen) atoms. The van der Waals surface area contributed by atoms with Crippen molar-refractivity contribution in [3.63, 3.8) is 0 Å². The van der Waals surface area contributed by atoms with Crippen molar-refractivity contribution in [1.29, 1.82) is 0 Å². The lowest BCUT2D eigenvalue weighted by Crippen LogP contribution is -2.64. The lowest BCUT2D eigenvalue weighted by atomic mass is 10.1. The summed E-state index contributed by atoms with van der Waals surface area (Å²) in [6, 6.07) is 6.75. The third-order valence-corrected chi connectivity index (χ3v) is 5.96. The van der Waals surface area contributed by atoms with Crippen LogP contribution in [0.2, 0.25) is 0 Å². The summed E-state index contributed by atoms with van der Waals surface area (Å²) >= 11 is 4.90. The molecule has 0 N–H and O–H groups in total. The second kappa shape index (κ2) is 6.58. The number of fused-ring (bicyclic) bond motifs is 2. The number of aliphatic imine (C=N–C) groups is 1. The molecular weight excluding hydrogens is 422 g/mol. The maximum Gasteiger partial charge on any atom is 0.328 e. The molecule has 0 saturated carbocycles. The second-order valence-electron chi connectivity index (χ2n) is 6.04. The molecule has 2 unspecified atom stereocenters. The number of nitrogens with zero attached hydrogens (tertiary/aromatic N) is 5. The molecule has 2 aromatic rings. The van der Waals surface area contributed by atoms with Gasteiger partial charge in [-0.05, 0) is 28.1 Å². The summed E-state index contributed by atoms with van der Waals surface area (Å²) in [5.74, 6) is 0.415. The molecule has 3 amide bonds. The SMILES string of the molecule is CN1C(=O)C2C(N=C(Br)N2CCSc2nc3ccccc3o2)N(C)C1=O. The predicted molar refractivity (Wildman–Crippen MR) is 101 cm³/mol. The Balaban J connectivity index is 1.45. The predicted octanol–water partition coefficient (Wildman–Crippen LogP) is 2.20. The zero-order valence-corrected chi connectivity index (χ0v) is 16.5. The van der Waals surface area contributed by atoms with Crippen molar-refractivity contribution < 1.29 is 14.0 Å². The zero-order valence-electron chi connectivity index (χ0n) is 14.1. The van der Waals surface area contributed by atoms with Crippen LogP contribution in [-0.4, -0.2) is 75.0 Å². The fourth-order valence-electron chi connectivity index (χ4n) is 3.11. The summed E-state index contributed by atoms with van der Waals surface area (Å²) in [5.41, 5.74) is 1.58. The Morgan fingerprint density at radius 3 is 2.81 bits per heavy atom. The van der Waals surface area contributed by atoms with E-state index in [1.807, 2.05) is 29.2 Å². The molecule has 3 heterocycles. The summed E-state index contributed by atoms with van der Waals surface area (Å²) in [6.07, 6.45) is -0.505. The molecule has 1 fully saturated rings. The molecule has 1 aromatic carbocycles. The standard InChI is InChI=1S/C16H16BrN5O3S/c1-20-12-11(13(23)21(2)16(20)24)22(14(17)19-12)7-8-26-15-18-9-5-3-4-6-10(9)25-15/h3-6,11-12H,7-8H2,1-2H3. The highest BCUT2D eigenvalue weighted by Crippen LogP contribution is 2.30. The van der Waals surface area contributed by atoms with Gasteiger partial charge in [-0.15, -0.1) is 0 Å². The average molecular weight is 438 g/mol. The van der Waals surface area contributed by atoms with Crippen LogP contribution in [0.25, 0.3) is 11.1 Å². The zero-order chi connectivity index (χ0) is 18.4. The van der Waals surface area contributed by atoms with E-state index in [2.05, 4.69) is 25.9 Å². The molecule has 0 radical (unpaired) electrons. The first-order valence-electron chi connectivity index (χ1n) is 8.00. The molecule has 1 aromatic heterocycles. The monoisotopic (exact) mass is 437 g/mol. The van der Waals surface area contributed by atoms with Gasteiger partial charge in [0.2, 0.25) is 0 Å². The molecule has 0 spiro atoms. The Morgan fingerprint density at radius 1 is 1.27 bits per heavy atom. The number of amidine groups is 1. The fraction of sp³-hybridized carbons (Fsp3) is 0.375. The number of thioether (sulfide) groups is 1.